The molecule has 2 N–H and O–H groups in total. The van der Waals surface area contributed by atoms with E-state index in [2.05, 4.69) is 31.4 Å². The van der Waals surface area contributed by atoms with Gasteiger partial charge in [0.05, 0.1) is 7.11 Å². The number of hydrogen-bond donors (Lipinski definition) is 2. The lowest BCUT2D eigenvalue weighted by Gasteiger charge is -2.26. The van der Waals surface area contributed by atoms with Gasteiger partial charge in [-0.05, 0) is 24.1 Å². The first-order valence-electron chi connectivity index (χ1n) is 7.16. The lowest BCUT2D eigenvalue weighted by molar-refractivity contribution is 0.238. The first-order chi connectivity index (χ1) is 9.49. The second-order valence-electron chi connectivity index (χ2n) is 5.58. The molecule has 0 saturated heterocycles. The van der Waals surface area contributed by atoms with E-state index in [1.807, 2.05) is 24.3 Å². The quantitative estimate of drug-likeness (QED) is 0.753. The summed E-state index contributed by atoms with van der Waals surface area (Å²) in [6.07, 6.45) is 2.09. The van der Waals surface area contributed by atoms with Crippen molar-refractivity contribution in [1.29, 1.82) is 0 Å². The Hall–Kier alpha value is -1.71. The van der Waals surface area contributed by atoms with Gasteiger partial charge in [0.1, 0.15) is 5.75 Å². The molecule has 0 aromatic heterocycles. The zero-order valence-electron chi connectivity index (χ0n) is 13.0. The molecular formula is C16H26N2O2. The predicted molar refractivity (Wildman–Crippen MR) is 82.3 cm³/mol. The molecule has 1 aromatic rings. The van der Waals surface area contributed by atoms with Crippen LogP contribution in [0.2, 0.25) is 0 Å². The van der Waals surface area contributed by atoms with Gasteiger partial charge in [-0.15, -0.1) is 0 Å². The largest absolute Gasteiger partial charge is 0.497 e. The van der Waals surface area contributed by atoms with Crippen LogP contribution in [-0.2, 0) is 5.41 Å². The van der Waals surface area contributed by atoms with Crippen LogP contribution in [-0.4, -0.2) is 26.2 Å². The summed E-state index contributed by atoms with van der Waals surface area (Å²) in [7, 11) is 1.66. The van der Waals surface area contributed by atoms with Gasteiger partial charge in [0.15, 0.2) is 0 Å². The first-order valence-corrected chi connectivity index (χ1v) is 7.16. The predicted octanol–water partition coefficient (Wildman–Crippen LogP) is 3.07. The maximum atomic E-state index is 11.7. The van der Waals surface area contributed by atoms with Crippen LogP contribution in [0.3, 0.4) is 0 Å². The summed E-state index contributed by atoms with van der Waals surface area (Å²) in [5.74, 6) is 0.842. The van der Waals surface area contributed by atoms with Crippen molar-refractivity contribution in [2.24, 2.45) is 0 Å². The number of carbonyl (C=O) groups excluding carboxylic acids is 1. The fourth-order valence-electron chi connectivity index (χ4n) is 1.89. The molecule has 0 bridgehead atoms. The number of carbonyl (C=O) groups is 1. The first kappa shape index (κ1) is 16.3. The Kier molecular flexibility index (Phi) is 6.36. The molecule has 1 aromatic carbocycles. The van der Waals surface area contributed by atoms with Crippen LogP contribution >= 0.6 is 0 Å². The van der Waals surface area contributed by atoms with Crippen molar-refractivity contribution in [3.63, 3.8) is 0 Å². The smallest absolute Gasteiger partial charge is 0.314 e. The van der Waals surface area contributed by atoms with E-state index in [1.54, 1.807) is 7.11 Å². The minimum Gasteiger partial charge on any atom is -0.497 e. The average molecular weight is 278 g/mol. The number of benzene rings is 1. The third-order valence-corrected chi connectivity index (χ3v) is 3.38. The van der Waals surface area contributed by atoms with Gasteiger partial charge in [0.2, 0.25) is 0 Å². The van der Waals surface area contributed by atoms with Gasteiger partial charge in [0.25, 0.3) is 0 Å². The molecule has 2 amide bonds. The number of methoxy groups -OCH3 is 1. The molecule has 0 spiro atoms. The Morgan fingerprint density at radius 3 is 2.40 bits per heavy atom. The molecule has 0 atom stereocenters. The zero-order valence-corrected chi connectivity index (χ0v) is 13.0. The molecule has 112 valence electrons. The normalized spacial score (nSPS) is 11.0. The molecule has 0 saturated carbocycles. The summed E-state index contributed by atoms with van der Waals surface area (Å²) in [6.45, 7) is 7.65. The fraction of sp³-hybridized carbons (Fsp3) is 0.562. The van der Waals surface area contributed by atoms with Gasteiger partial charge in [-0.25, -0.2) is 4.79 Å². The Bertz CT molecular complexity index is 413. The summed E-state index contributed by atoms with van der Waals surface area (Å²) in [5, 5.41) is 5.78. The van der Waals surface area contributed by atoms with Gasteiger partial charge in [-0.2, -0.15) is 0 Å². The number of unbranched alkanes of at least 4 members (excludes halogenated alkanes) is 1. The van der Waals surface area contributed by atoms with Crippen LogP contribution < -0.4 is 15.4 Å². The standard InChI is InChI=1S/C16H26N2O2/c1-5-6-11-17-15(19)18-12-16(2,3)13-7-9-14(20-4)10-8-13/h7-10H,5-6,11-12H2,1-4H3,(H2,17,18,19). The Balaban J connectivity index is 2.49. The SMILES string of the molecule is CCCCNC(=O)NCC(C)(C)c1ccc(OC)cc1. The van der Waals surface area contributed by atoms with E-state index in [0.29, 0.717) is 6.54 Å². The molecule has 4 nitrogen and oxygen atoms in total. The highest BCUT2D eigenvalue weighted by atomic mass is 16.5. The van der Waals surface area contributed by atoms with Crippen molar-refractivity contribution in [2.45, 2.75) is 39.0 Å². The number of hydrogen-bond acceptors (Lipinski definition) is 2. The summed E-state index contributed by atoms with van der Waals surface area (Å²) >= 11 is 0. The van der Waals surface area contributed by atoms with E-state index < -0.39 is 0 Å². The summed E-state index contributed by atoms with van der Waals surface area (Å²) in [6, 6.07) is 7.86. The minimum atomic E-state index is -0.117. The van der Waals surface area contributed by atoms with E-state index in [-0.39, 0.29) is 11.4 Å². The van der Waals surface area contributed by atoms with E-state index in [1.165, 1.54) is 5.56 Å². The van der Waals surface area contributed by atoms with Gasteiger partial charge in [0, 0.05) is 18.5 Å². The molecule has 0 aliphatic carbocycles. The van der Waals surface area contributed by atoms with E-state index in [0.717, 1.165) is 25.1 Å². The van der Waals surface area contributed by atoms with Gasteiger partial charge >= 0.3 is 6.03 Å². The molecular weight excluding hydrogens is 252 g/mol. The summed E-state index contributed by atoms with van der Waals surface area (Å²) < 4.78 is 5.16. The van der Waals surface area contributed by atoms with Crippen molar-refractivity contribution >= 4 is 6.03 Å². The lowest BCUT2D eigenvalue weighted by Crippen LogP contribution is -2.42. The Morgan fingerprint density at radius 1 is 1.20 bits per heavy atom. The van der Waals surface area contributed by atoms with Crippen molar-refractivity contribution in [2.75, 3.05) is 20.2 Å². The van der Waals surface area contributed by atoms with Crippen molar-refractivity contribution in [1.82, 2.24) is 10.6 Å². The number of nitrogens with one attached hydrogen (secondary N) is 2. The molecule has 4 heteroatoms. The number of urea groups is 1. The van der Waals surface area contributed by atoms with E-state index in [4.69, 9.17) is 4.74 Å². The molecule has 0 fully saturated rings. The van der Waals surface area contributed by atoms with Crippen LogP contribution in [0, 0.1) is 0 Å². The third kappa shape index (κ3) is 5.11. The topological polar surface area (TPSA) is 50.4 Å². The highest BCUT2D eigenvalue weighted by Gasteiger charge is 2.21. The lowest BCUT2D eigenvalue weighted by atomic mass is 9.84. The van der Waals surface area contributed by atoms with E-state index in [9.17, 15) is 4.79 Å². The number of amides is 2. The minimum absolute atomic E-state index is 0.0972. The second-order valence-corrected chi connectivity index (χ2v) is 5.58. The van der Waals surface area contributed by atoms with E-state index >= 15 is 0 Å². The zero-order chi connectivity index (χ0) is 15.0. The molecule has 0 aliphatic heterocycles. The van der Waals surface area contributed by atoms with Crippen molar-refractivity contribution in [3.05, 3.63) is 29.8 Å². The fourth-order valence-corrected chi connectivity index (χ4v) is 1.89. The molecule has 0 heterocycles. The van der Waals surface area contributed by atoms with Gasteiger partial charge in [-0.1, -0.05) is 39.3 Å². The Labute approximate surface area is 121 Å². The summed E-state index contributed by atoms with van der Waals surface area (Å²) in [5.41, 5.74) is 1.06. The molecule has 0 unspecified atom stereocenters. The van der Waals surface area contributed by atoms with Gasteiger partial charge < -0.3 is 15.4 Å². The van der Waals surface area contributed by atoms with Crippen LogP contribution in [0.4, 0.5) is 4.79 Å². The van der Waals surface area contributed by atoms with Crippen LogP contribution in [0.15, 0.2) is 24.3 Å². The van der Waals surface area contributed by atoms with Crippen LogP contribution in [0.5, 0.6) is 5.75 Å². The van der Waals surface area contributed by atoms with Gasteiger partial charge in [-0.3, -0.25) is 0 Å². The molecule has 0 aliphatic rings. The Morgan fingerprint density at radius 2 is 1.85 bits per heavy atom. The second kappa shape index (κ2) is 7.78. The average Bonchev–Trinajstić information content (AvgIpc) is 2.45. The maximum Gasteiger partial charge on any atom is 0.314 e. The van der Waals surface area contributed by atoms with Crippen molar-refractivity contribution in [3.8, 4) is 5.75 Å². The number of ether oxygens (including phenoxy) is 1. The van der Waals surface area contributed by atoms with Crippen molar-refractivity contribution < 1.29 is 9.53 Å². The molecule has 0 radical (unpaired) electrons. The molecule has 1 rings (SSSR count). The number of rotatable bonds is 7. The third-order valence-electron chi connectivity index (χ3n) is 3.38. The highest BCUT2D eigenvalue weighted by Crippen LogP contribution is 2.24. The monoisotopic (exact) mass is 278 g/mol. The highest BCUT2D eigenvalue weighted by molar-refractivity contribution is 5.73. The maximum absolute atomic E-state index is 11.7. The molecule has 20 heavy (non-hydrogen) atoms. The van der Waals surface area contributed by atoms with Crippen LogP contribution in [0.1, 0.15) is 39.2 Å². The van der Waals surface area contributed by atoms with Crippen LogP contribution in [0.25, 0.3) is 0 Å². The summed E-state index contributed by atoms with van der Waals surface area (Å²) in [4.78, 5) is 11.7.